The van der Waals surface area contributed by atoms with E-state index in [9.17, 15) is 14.3 Å². The molecule has 2 aromatic carbocycles. The van der Waals surface area contributed by atoms with Crippen LogP contribution in [-0.4, -0.2) is 54.3 Å². The molecular weight excluding hydrogens is 373 g/mol. The number of ketones is 1. The summed E-state index contributed by atoms with van der Waals surface area (Å²) in [6, 6.07) is 13.3. The number of rotatable bonds is 10. The topological polar surface area (TPSA) is 59.0 Å². The number of halogens is 1. The van der Waals surface area contributed by atoms with Crippen molar-refractivity contribution >= 4 is 5.78 Å². The molecule has 29 heavy (non-hydrogen) atoms. The molecule has 0 aromatic heterocycles. The van der Waals surface area contributed by atoms with Crippen molar-refractivity contribution in [1.82, 2.24) is 4.90 Å². The van der Waals surface area contributed by atoms with Crippen LogP contribution in [0.25, 0.3) is 0 Å². The summed E-state index contributed by atoms with van der Waals surface area (Å²) < 4.78 is 24.6. The number of hydrogen-bond donors (Lipinski definition) is 1. The van der Waals surface area contributed by atoms with E-state index in [2.05, 4.69) is 4.90 Å². The molecule has 156 valence electrons. The van der Waals surface area contributed by atoms with Crippen molar-refractivity contribution < 1.29 is 23.8 Å². The number of ether oxygens (including phenoxy) is 2. The molecule has 1 heterocycles. The molecule has 1 aliphatic rings. The van der Waals surface area contributed by atoms with E-state index >= 15 is 0 Å². The average molecular weight is 401 g/mol. The van der Waals surface area contributed by atoms with Crippen LogP contribution in [0.2, 0.25) is 0 Å². The van der Waals surface area contributed by atoms with Gasteiger partial charge in [0.05, 0.1) is 6.10 Å². The Balaban J connectivity index is 1.55. The molecule has 0 saturated carbocycles. The predicted molar refractivity (Wildman–Crippen MR) is 109 cm³/mol. The predicted octanol–water partition coefficient (Wildman–Crippen LogP) is 3.45. The summed E-state index contributed by atoms with van der Waals surface area (Å²) in [5.41, 5.74) is 1.61. The van der Waals surface area contributed by atoms with Crippen LogP contribution in [-0.2, 0) is 11.3 Å². The van der Waals surface area contributed by atoms with Gasteiger partial charge in [0.25, 0.3) is 0 Å². The molecule has 2 atom stereocenters. The lowest BCUT2D eigenvalue weighted by Gasteiger charge is -2.27. The zero-order valence-electron chi connectivity index (χ0n) is 16.7. The van der Waals surface area contributed by atoms with Gasteiger partial charge in [0.2, 0.25) is 0 Å². The maximum atomic E-state index is 13.2. The Kier molecular flexibility index (Phi) is 7.75. The molecule has 0 spiro atoms. The Morgan fingerprint density at radius 1 is 1.24 bits per heavy atom. The summed E-state index contributed by atoms with van der Waals surface area (Å²) >= 11 is 0. The summed E-state index contributed by atoms with van der Waals surface area (Å²) in [6.07, 6.45) is 1.53. The molecule has 0 aliphatic carbocycles. The molecule has 5 nitrogen and oxygen atoms in total. The first-order valence-corrected chi connectivity index (χ1v) is 10.00. The Morgan fingerprint density at radius 3 is 2.59 bits per heavy atom. The van der Waals surface area contributed by atoms with Crippen LogP contribution < -0.4 is 4.74 Å². The number of benzene rings is 2. The largest absolute Gasteiger partial charge is 0.491 e. The van der Waals surface area contributed by atoms with Crippen LogP contribution in [0.15, 0.2) is 48.5 Å². The van der Waals surface area contributed by atoms with E-state index in [1.54, 1.807) is 36.4 Å². The minimum absolute atomic E-state index is 0.00199. The molecule has 0 bridgehead atoms. The molecule has 2 aromatic rings. The number of aliphatic hydroxyl groups excluding tert-OH is 1. The Hall–Kier alpha value is -2.28. The standard InChI is InChI=1S/C23H28FNO4/c1-17(26)19-6-10-22(11-7-19)29-16-21(27)14-25(15-23-3-2-12-28-23)13-18-4-8-20(24)9-5-18/h4-11,21,23,27H,2-3,12-16H2,1H3. The van der Waals surface area contributed by atoms with Gasteiger partial charge in [-0.1, -0.05) is 12.1 Å². The third-order valence-corrected chi connectivity index (χ3v) is 4.98. The third-order valence-electron chi connectivity index (χ3n) is 4.98. The van der Waals surface area contributed by atoms with Gasteiger partial charge in [0.1, 0.15) is 24.3 Å². The van der Waals surface area contributed by atoms with E-state index in [1.807, 2.05) is 0 Å². The van der Waals surface area contributed by atoms with Gasteiger partial charge in [-0.3, -0.25) is 9.69 Å². The SMILES string of the molecule is CC(=O)c1ccc(OCC(O)CN(Cc2ccc(F)cc2)CC2CCCO2)cc1. The Morgan fingerprint density at radius 2 is 1.97 bits per heavy atom. The highest BCUT2D eigenvalue weighted by Gasteiger charge is 2.21. The zero-order valence-corrected chi connectivity index (χ0v) is 16.7. The lowest BCUT2D eigenvalue weighted by molar-refractivity contribution is 0.0313. The molecule has 1 saturated heterocycles. The monoisotopic (exact) mass is 401 g/mol. The van der Waals surface area contributed by atoms with Crippen molar-refractivity contribution in [3.63, 3.8) is 0 Å². The highest BCUT2D eigenvalue weighted by molar-refractivity contribution is 5.94. The molecule has 1 N–H and O–H groups in total. The van der Waals surface area contributed by atoms with Gasteiger partial charge in [-0.25, -0.2) is 4.39 Å². The van der Waals surface area contributed by atoms with Gasteiger partial charge < -0.3 is 14.6 Å². The maximum Gasteiger partial charge on any atom is 0.159 e. The van der Waals surface area contributed by atoms with Crippen molar-refractivity contribution in [2.75, 3.05) is 26.3 Å². The van der Waals surface area contributed by atoms with Gasteiger partial charge in [-0.05, 0) is 61.7 Å². The van der Waals surface area contributed by atoms with Crippen LogP contribution in [0.1, 0.15) is 35.7 Å². The van der Waals surface area contributed by atoms with Crippen molar-refractivity contribution in [3.8, 4) is 5.75 Å². The summed E-state index contributed by atoms with van der Waals surface area (Å²) in [6.45, 7) is 4.17. The fraction of sp³-hybridized carbons (Fsp3) is 0.435. The second-order valence-corrected chi connectivity index (χ2v) is 7.50. The molecule has 2 unspecified atom stereocenters. The number of Topliss-reactive ketones (excluding diaryl/α,β-unsaturated/α-hetero) is 1. The number of carbonyl (C=O) groups is 1. The lowest BCUT2D eigenvalue weighted by Crippen LogP contribution is -2.39. The van der Waals surface area contributed by atoms with E-state index in [0.29, 0.717) is 30.9 Å². The van der Waals surface area contributed by atoms with E-state index in [4.69, 9.17) is 9.47 Å². The Bertz CT molecular complexity index is 772. The van der Waals surface area contributed by atoms with E-state index < -0.39 is 6.10 Å². The molecule has 1 fully saturated rings. The highest BCUT2D eigenvalue weighted by Crippen LogP contribution is 2.17. The number of carbonyl (C=O) groups excluding carboxylic acids is 1. The first kappa shape index (κ1) is 21.4. The lowest BCUT2D eigenvalue weighted by atomic mass is 10.1. The van der Waals surface area contributed by atoms with E-state index in [0.717, 1.165) is 25.0 Å². The minimum Gasteiger partial charge on any atom is -0.491 e. The summed E-state index contributed by atoms with van der Waals surface area (Å²) in [4.78, 5) is 13.5. The summed E-state index contributed by atoms with van der Waals surface area (Å²) in [5.74, 6) is 0.351. The Labute approximate surface area is 171 Å². The quantitative estimate of drug-likeness (QED) is 0.618. The van der Waals surface area contributed by atoms with Gasteiger partial charge in [0, 0.05) is 31.8 Å². The molecule has 6 heteroatoms. The highest BCUT2D eigenvalue weighted by atomic mass is 19.1. The normalized spacial score (nSPS) is 17.4. The molecule has 1 aliphatic heterocycles. The third kappa shape index (κ3) is 6.92. The van der Waals surface area contributed by atoms with Gasteiger partial charge >= 0.3 is 0 Å². The van der Waals surface area contributed by atoms with Crippen LogP contribution in [0, 0.1) is 5.82 Å². The van der Waals surface area contributed by atoms with E-state index in [-0.39, 0.29) is 24.3 Å². The number of nitrogens with zero attached hydrogens (tertiary/aromatic N) is 1. The fourth-order valence-corrected chi connectivity index (χ4v) is 3.46. The van der Waals surface area contributed by atoms with Crippen molar-refractivity contribution in [1.29, 1.82) is 0 Å². The van der Waals surface area contributed by atoms with Crippen molar-refractivity contribution in [2.24, 2.45) is 0 Å². The smallest absolute Gasteiger partial charge is 0.159 e. The zero-order chi connectivity index (χ0) is 20.6. The van der Waals surface area contributed by atoms with Crippen LogP contribution in [0.5, 0.6) is 5.75 Å². The molecule has 0 amide bonds. The minimum atomic E-state index is -0.690. The number of hydrogen-bond acceptors (Lipinski definition) is 5. The summed E-state index contributed by atoms with van der Waals surface area (Å²) in [5, 5.41) is 10.5. The van der Waals surface area contributed by atoms with Crippen LogP contribution in [0.4, 0.5) is 4.39 Å². The summed E-state index contributed by atoms with van der Waals surface area (Å²) in [7, 11) is 0. The molecule has 0 radical (unpaired) electrons. The second kappa shape index (κ2) is 10.5. The molecule has 3 rings (SSSR count). The van der Waals surface area contributed by atoms with Crippen molar-refractivity contribution in [3.05, 3.63) is 65.5 Å². The first-order valence-electron chi connectivity index (χ1n) is 10.00. The maximum absolute atomic E-state index is 13.2. The number of aliphatic hydroxyl groups is 1. The average Bonchev–Trinajstić information content (AvgIpc) is 3.21. The van der Waals surface area contributed by atoms with E-state index in [1.165, 1.54) is 19.1 Å². The van der Waals surface area contributed by atoms with Crippen molar-refractivity contribution in [2.45, 2.75) is 38.5 Å². The van der Waals surface area contributed by atoms with Gasteiger partial charge in [-0.15, -0.1) is 0 Å². The fourth-order valence-electron chi connectivity index (χ4n) is 3.46. The van der Waals surface area contributed by atoms with Gasteiger partial charge in [0.15, 0.2) is 5.78 Å². The first-order chi connectivity index (χ1) is 14.0. The van der Waals surface area contributed by atoms with Crippen LogP contribution in [0.3, 0.4) is 0 Å². The second-order valence-electron chi connectivity index (χ2n) is 7.50. The van der Waals surface area contributed by atoms with Gasteiger partial charge in [-0.2, -0.15) is 0 Å². The van der Waals surface area contributed by atoms with Crippen LogP contribution >= 0.6 is 0 Å². The molecular formula is C23H28FNO4.